The zero-order valence-electron chi connectivity index (χ0n) is 14.9. The molecule has 0 unspecified atom stereocenters. The van der Waals surface area contributed by atoms with Gasteiger partial charge in [-0.25, -0.2) is 0 Å². The predicted octanol–water partition coefficient (Wildman–Crippen LogP) is 3.18. The van der Waals surface area contributed by atoms with Crippen LogP contribution in [0.3, 0.4) is 0 Å². The van der Waals surface area contributed by atoms with E-state index in [9.17, 15) is 10.2 Å². The highest BCUT2D eigenvalue weighted by atomic mass is 16.3. The largest absolute Gasteiger partial charge is 0.506 e. The molecule has 0 bridgehead atoms. The van der Waals surface area contributed by atoms with Crippen LogP contribution in [0.5, 0.6) is 5.75 Å². The maximum atomic E-state index is 10.7. The molecule has 0 atom stereocenters. The zero-order valence-corrected chi connectivity index (χ0v) is 14.9. The Labute approximate surface area is 151 Å². The Hall–Kier alpha value is -2.60. The molecule has 2 aliphatic rings. The van der Waals surface area contributed by atoms with E-state index in [0.717, 1.165) is 42.8 Å². The molecule has 26 heavy (non-hydrogen) atoms. The van der Waals surface area contributed by atoms with Crippen molar-refractivity contribution < 1.29 is 14.6 Å². The van der Waals surface area contributed by atoms with E-state index in [1.807, 2.05) is 26.0 Å². The van der Waals surface area contributed by atoms with E-state index in [2.05, 4.69) is 15.1 Å². The first-order valence-corrected chi connectivity index (χ1v) is 8.99. The molecule has 0 saturated heterocycles. The second-order valence-corrected chi connectivity index (χ2v) is 7.83. The number of aliphatic hydroxyl groups is 1. The van der Waals surface area contributed by atoms with Crippen molar-refractivity contribution in [3.8, 4) is 17.0 Å². The molecule has 5 rings (SSSR count). The summed E-state index contributed by atoms with van der Waals surface area (Å²) in [4.78, 5) is 2.26. The van der Waals surface area contributed by atoms with Crippen LogP contribution in [-0.2, 0) is 6.42 Å². The minimum atomic E-state index is -0.552. The second kappa shape index (κ2) is 5.20. The minimum Gasteiger partial charge on any atom is -0.506 e. The first-order chi connectivity index (χ1) is 12.4. The summed E-state index contributed by atoms with van der Waals surface area (Å²) in [5.74, 6) is 1.10. The van der Waals surface area contributed by atoms with Crippen molar-refractivity contribution in [3.05, 3.63) is 35.6 Å². The van der Waals surface area contributed by atoms with Gasteiger partial charge in [0.2, 0.25) is 0 Å². The summed E-state index contributed by atoms with van der Waals surface area (Å²) >= 11 is 0. The van der Waals surface area contributed by atoms with E-state index in [0.29, 0.717) is 28.3 Å². The van der Waals surface area contributed by atoms with Crippen molar-refractivity contribution in [2.45, 2.75) is 44.8 Å². The number of fused-ring (bicyclic) bond motifs is 2. The molecule has 1 saturated carbocycles. The Kier molecular flexibility index (Phi) is 3.13. The number of aryl methyl sites for hydroxylation is 1. The van der Waals surface area contributed by atoms with Crippen LogP contribution in [0.25, 0.3) is 22.2 Å². The summed E-state index contributed by atoms with van der Waals surface area (Å²) in [5, 5.41) is 30.3. The maximum absolute atomic E-state index is 10.7. The highest BCUT2D eigenvalue weighted by molar-refractivity contribution is 5.93. The Morgan fingerprint density at radius 3 is 2.85 bits per heavy atom. The number of benzene rings is 1. The van der Waals surface area contributed by atoms with Gasteiger partial charge in [-0.05, 0) is 56.9 Å². The normalized spacial score (nSPS) is 24.7. The molecule has 3 aromatic rings. The van der Waals surface area contributed by atoms with Crippen LogP contribution in [0, 0.1) is 6.92 Å². The fourth-order valence-corrected chi connectivity index (χ4v) is 4.39. The number of rotatable bonds is 2. The van der Waals surface area contributed by atoms with E-state index >= 15 is 0 Å². The van der Waals surface area contributed by atoms with Crippen molar-refractivity contribution in [2.24, 2.45) is 0 Å². The lowest BCUT2D eigenvalue weighted by atomic mass is 9.76. The number of phenols is 1. The number of aromatic hydroxyl groups is 1. The fourth-order valence-electron chi connectivity index (χ4n) is 4.39. The summed E-state index contributed by atoms with van der Waals surface area (Å²) < 4.78 is 5.40. The number of nitrogens with zero attached hydrogens (tertiary/aromatic N) is 3. The molecule has 6 nitrogen and oxygen atoms in total. The second-order valence-electron chi connectivity index (χ2n) is 7.83. The van der Waals surface area contributed by atoms with Gasteiger partial charge in [0.15, 0.2) is 5.82 Å². The van der Waals surface area contributed by atoms with E-state index in [1.165, 1.54) is 0 Å². The van der Waals surface area contributed by atoms with Gasteiger partial charge in [-0.15, -0.1) is 10.2 Å². The number of hydrogen-bond donors (Lipinski definition) is 2. The van der Waals surface area contributed by atoms with Gasteiger partial charge in [-0.3, -0.25) is 0 Å². The maximum Gasteiger partial charge on any atom is 0.154 e. The van der Waals surface area contributed by atoms with Crippen LogP contribution in [-0.4, -0.2) is 38.6 Å². The summed E-state index contributed by atoms with van der Waals surface area (Å²) in [5.41, 5.74) is 3.56. The Morgan fingerprint density at radius 1 is 1.27 bits per heavy atom. The van der Waals surface area contributed by atoms with Crippen molar-refractivity contribution >= 4 is 16.8 Å². The van der Waals surface area contributed by atoms with E-state index in [4.69, 9.17) is 4.42 Å². The van der Waals surface area contributed by atoms with Crippen LogP contribution in [0.1, 0.15) is 30.9 Å². The summed E-state index contributed by atoms with van der Waals surface area (Å²) in [6.45, 7) is 4.72. The van der Waals surface area contributed by atoms with E-state index in [-0.39, 0.29) is 5.75 Å². The predicted molar refractivity (Wildman–Crippen MR) is 98.3 cm³/mol. The van der Waals surface area contributed by atoms with E-state index < -0.39 is 5.60 Å². The van der Waals surface area contributed by atoms with Crippen LogP contribution in [0.4, 0.5) is 5.82 Å². The van der Waals surface area contributed by atoms with Gasteiger partial charge >= 0.3 is 0 Å². The monoisotopic (exact) mass is 351 g/mol. The Balaban J connectivity index is 1.53. The lowest BCUT2D eigenvalue weighted by Gasteiger charge is -2.46. The van der Waals surface area contributed by atoms with Crippen molar-refractivity contribution in [1.82, 2.24) is 10.2 Å². The van der Waals surface area contributed by atoms with Gasteiger partial charge in [0.1, 0.15) is 11.3 Å². The van der Waals surface area contributed by atoms with Gasteiger partial charge < -0.3 is 19.5 Å². The quantitative estimate of drug-likeness (QED) is 0.738. The molecule has 134 valence electrons. The van der Waals surface area contributed by atoms with Crippen LogP contribution < -0.4 is 4.90 Å². The average molecular weight is 351 g/mol. The van der Waals surface area contributed by atoms with Gasteiger partial charge in [-0.2, -0.15) is 0 Å². The Bertz CT molecular complexity index is 1020. The molecule has 2 aromatic heterocycles. The third-order valence-electron chi connectivity index (χ3n) is 5.72. The molecule has 2 N–H and O–H groups in total. The standard InChI is InChI=1S/C20H21N3O3/c1-11-7-16-14(4-6-26-16)18(24)17(11)15-8-12-3-5-23(19(12)22-21-15)13-9-20(2,25)10-13/h4,6-8,13,24-25H,3,5,9-10H2,1-2H3. The number of aromatic nitrogens is 2. The molecule has 1 aliphatic carbocycles. The molecule has 1 fully saturated rings. The van der Waals surface area contributed by atoms with Gasteiger partial charge in [0, 0.05) is 23.7 Å². The molecule has 3 heterocycles. The molecule has 1 aromatic carbocycles. The van der Waals surface area contributed by atoms with Crippen LogP contribution in [0.15, 0.2) is 28.9 Å². The zero-order chi connectivity index (χ0) is 18.1. The molecule has 6 heteroatoms. The van der Waals surface area contributed by atoms with Crippen molar-refractivity contribution in [1.29, 1.82) is 0 Å². The number of anilines is 1. The summed E-state index contributed by atoms with van der Waals surface area (Å²) in [7, 11) is 0. The lowest BCUT2D eigenvalue weighted by Crippen LogP contribution is -2.53. The SMILES string of the molecule is Cc1cc2occc2c(O)c1-c1cc2c(nn1)N(C1CC(C)(O)C1)CC2. The highest BCUT2D eigenvalue weighted by Gasteiger charge is 2.43. The summed E-state index contributed by atoms with van der Waals surface area (Å²) in [6, 6.07) is 6.05. The van der Waals surface area contributed by atoms with Gasteiger partial charge in [-0.1, -0.05) is 0 Å². The molecule has 0 radical (unpaired) electrons. The lowest BCUT2D eigenvalue weighted by molar-refractivity contribution is -0.0307. The van der Waals surface area contributed by atoms with Crippen molar-refractivity contribution in [2.75, 3.05) is 11.4 Å². The smallest absolute Gasteiger partial charge is 0.154 e. The van der Waals surface area contributed by atoms with E-state index in [1.54, 1.807) is 12.3 Å². The topological polar surface area (TPSA) is 82.6 Å². The van der Waals surface area contributed by atoms with Gasteiger partial charge in [0.05, 0.1) is 22.9 Å². The molecule has 1 aliphatic heterocycles. The van der Waals surface area contributed by atoms with Crippen LogP contribution >= 0.6 is 0 Å². The van der Waals surface area contributed by atoms with Gasteiger partial charge in [0.25, 0.3) is 0 Å². The number of phenolic OH excluding ortho intramolecular Hbond substituents is 1. The molecular weight excluding hydrogens is 330 g/mol. The fraction of sp³-hybridized carbons (Fsp3) is 0.400. The van der Waals surface area contributed by atoms with Crippen molar-refractivity contribution in [3.63, 3.8) is 0 Å². The first kappa shape index (κ1) is 15.6. The molecule has 0 spiro atoms. The first-order valence-electron chi connectivity index (χ1n) is 8.99. The highest BCUT2D eigenvalue weighted by Crippen LogP contribution is 2.42. The Morgan fingerprint density at radius 2 is 2.08 bits per heavy atom. The molecule has 0 amide bonds. The molecular formula is C20H21N3O3. The van der Waals surface area contributed by atoms with Crippen LogP contribution in [0.2, 0.25) is 0 Å². The summed E-state index contributed by atoms with van der Waals surface area (Å²) in [6.07, 6.45) is 4.03. The average Bonchev–Trinajstić information content (AvgIpc) is 3.18. The third kappa shape index (κ3) is 2.22. The number of furan rings is 1. The minimum absolute atomic E-state index is 0.188. The third-order valence-corrected chi connectivity index (χ3v) is 5.72. The number of hydrogen-bond acceptors (Lipinski definition) is 6.